The molecule has 0 saturated carbocycles. The van der Waals surface area contributed by atoms with Crippen LogP contribution in [0.2, 0.25) is 0 Å². The first kappa shape index (κ1) is 12.4. The van der Waals surface area contributed by atoms with E-state index in [2.05, 4.69) is 9.47 Å². The van der Waals surface area contributed by atoms with Gasteiger partial charge in [-0.25, -0.2) is 9.59 Å². The normalized spacial score (nSPS) is 13.2. The van der Waals surface area contributed by atoms with Gasteiger partial charge < -0.3 is 19.7 Å². The van der Waals surface area contributed by atoms with Gasteiger partial charge in [-0.2, -0.15) is 0 Å². The average molecular weight is 253 g/mol. The van der Waals surface area contributed by atoms with Gasteiger partial charge >= 0.3 is 16.8 Å². The number of alkyl halides is 3. The Bertz CT molecular complexity index is 216. The molecule has 0 aliphatic rings. The van der Waals surface area contributed by atoms with Crippen molar-refractivity contribution in [1.82, 2.24) is 0 Å². The SMILES string of the molecule is O=C(O)OC(Cl)C(Cl)(Cl)OC(=O)O. The van der Waals surface area contributed by atoms with Crippen LogP contribution in [0.3, 0.4) is 0 Å². The Hall–Kier alpha value is -0.590. The summed E-state index contributed by atoms with van der Waals surface area (Å²) in [4.78, 5) is 19.9. The molecule has 0 aromatic rings. The zero-order valence-corrected chi connectivity index (χ0v) is 8.01. The van der Waals surface area contributed by atoms with Crippen molar-refractivity contribution < 1.29 is 29.3 Å². The Labute approximate surface area is 86.9 Å². The van der Waals surface area contributed by atoms with Crippen LogP contribution in [0, 0.1) is 0 Å². The summed E-state index contributed by atoms with van der Waals surface area (Å²) in [5, 5.41) is 16.1. The van der Waals surface area contributed by atoms with Crippen molar-refractivity contribution >= 4 is 47.1 Å². The lowest BCUT2D eigenvalue weighted by atomic mass is 10.7. The molecule has 0 aliphatic heterocycles. The van der Waals surface area contributed by atoms with E-state index in [-0.39, 0.29) is 0 Å². The van der Waals surface area contributed by atoms with Crippen LogP contribution < -0.4 is 0 Å². The van der Waals surface area contributed by atoms with Crippen LogP contribution in [0.5, 0.6) is 0 Å². The van der Waals surface area contributed by atoms with Gasteiger partial charge in [0.15, 0.2) is 0 Å². The summed E-state index contributed by atoms with van der Waals surface area (Å²) in [6, 6.07) is 0. The molecule has 0 radical (unpaired) electrons. The second-order valence-electron chi connectivity index (χ2n) is 1.63. The first-order valence-electron chi connectivity index (χ1n) is 2.59. The Morgan fingerprint density at radius 3 is 2.00 bits per heavy atom. The molecule has 0 spiro atoms. The molecule has 2 N–H and O–H groups in total. The van der Waals surface area contributed by atoms with E-state index in [1.165, 1.54) is 0 Å². The summed E-state index contributed by atoms with van der Waals surface area (Å²) in [6.07, 6.45) is -3.58. The molecule has 0 amide bonds. The van der Waals surface area contributed by atoms with E-state index >= 15 is 0 Å². The van der Waals surface area contributed by atoms with Gasteiger partial charge in [-0.1, -0.05) is 34.8 Å². The topological polar surface area (TPSA) is 93.1 Å². The van der Waals surface area contributed by atoms with Crippen LogP contribution in [0.25, 0.3) is 0 Å². The molecule has 1 unspecified atom stereocenters. The molecule has 0 heterocycles. The quantitative estimate of drug-likeness (QED) is 0.591. The van der Waals surface area contributed by atoms with Gasteiger partial charge in [0.05, 0.1) is 0 Å². The van der Waals surface area contributed by atoms with Crippen molar-refractivity contribution in [2.75, 3.05) is 0 Å². The molecule has 0 rings (SSSR count). The Kier molecular flexibility index (Phi) is 4.38. The van der Waals surface area contributed by atoms with E-state index in [9.17, 15) is 9.59 Å². The fourth-order valence-electron chi connectivity index (χ4n) is 0.320. The highest BCUT2D eigenvalue weighted by molar-refractivity contribution is 6.51. The maximum absolute atomic E-state index is 9.95. The number of rotatable bonds is 3. The van der Waals surface area contributed by atoms with Crippen LogP contribution in [-0.2, 0) is 9.47 Å². The molecular formula is C4H3Cl3O6. The number of ether oxygens (including phenoxy) is 2. The summed E-state index contributed by atoms with van der Waals surface area (Å²) in [5.41, 5.74) is -1.86. The number of halogens is 3. The second-order valence-corrected chi connectivity index (χ2v) is 3.34. The summed E-state index contributed by atoms with van der Waals surface area (Å²) >= 11 is 15.5. The van der Waals surface area contributed by atoms with E-state index in [1.54, 1.807) is 0 Å². The Morgan fingerprint density at radius 2 is 1.69 bits per heavy atom. The van der Waals surface area contributed by atoms with Gasteiger partial charge in [0.1, 0.15) is 0 Å². The molecule has 76 valence electrons. The highest BCUT2D eigenvalue weighted by Gasteiger charge is 2.41. The van der Waals surface area contributed by atoms with Gasteiger partial charge in [-0.15, -0.1) is 0 Å². The molecule has 9 heteroatoms. The minimum atomic E-state index is -2.48. The second kappa shape index (κ2) is 4.59. The third-order valence-electron chi connectivity index (χ3n) is 0.692. The first-order chi connectivity index (χ1) is 5.75. The molecule has 13 heavy (non-hydrogen) atoms. The van der Waals surface area contributed by atoms with Crippen LogP contribution >= 0.6 is 34.8 Å². The summed E-state index contributed by atoms with van der Waals surface area (Å²) in [5.74, 6) is 0. The summed E-state index contributed by atoms with van der Waals surface area (Å²) in [7, 11) is 0. The van der Waals surface area contributed by atoms with Crippen molar-refractivity contribution in [3.63, 3.8) is 0 Å². The summed E-state index contributed by atoms with van der Waals surface area (Å²) in [6.45, 7) is 0. The third-order valence-corrected chi connectivity index (χ3v) is 1.86. The maximum atomic E-state index is 9.95. The molecule has 6 nitrogen and oxygen atoms in total. The number of hydrogen-bond acceptors (Lipinski definition) is 4. The average Bonchev–Trinajstić information content (AvgIpc) is 1.81. The smallest absolute Gasteiger partial charge is 0.450 e. The van der Waals surface area contributed by atoms with Crippen LogP contribution in [0.1, 0.15) is 0 Å². The Morgan fingerprint density at radius 1 is 1.23 bits per heavy atom. The number of carbonyl (C=O) groups is 2. The molecule has 0 saturated heterocycles. The van der Waals surface area contributed by atoms with Crippen molar-refractivity contribution in [3.05, 3.63) is 0 Å². The van der Waals surface area contributed by atoms with E-state index in [0.717, 1.165) is 0 Å². The molecule has 0 aliphatic carbocycles. The lowest BCUT2D eigenvalue weighted by molar-refractivity contribution is 0.00328. The fourth-order valence-corrected chi connectivity index (χ4v) is 0.662. The standard InChI is InChI=1S/C4H3Cl3O6/c5-1(12-2(8)9)4(6,7)13-3(10)11/h1H,(H,8,9)(H,10,11). The van der Waals surface area contributed by atoms with E-state index < -0.39 is 22.4 Å². The molecule has 0 fully saturated rings. The number of hydrogen-bond donors (Lipinski definition) is 2. The summed E-state index contributed by atoms with van der Waals surface area (Å²) < 4.78 is 5.19. The van der Waals surface area contributed by atoms with Crippen molar-refractivity contribution in [1.29, 1.82) is 0 Å². The maximum Gasteiger partial charge on any atom is 0.508 e. The van der Waals surface area contributed by atoms with Crippen molar-refractivity contribution in [2.24, 2.45) is 0 Å². The molecule has 1 atom stereocenters. The third kappa shape index (κ3) is 4.87. The van der Waals surface area contributed by atoms with Crippen LogP contribution in [0.4, 0.5) is 9.59 Å². The molecule has 0 aromatic carbocycles. The minimum Gasteiger partial charge on any atom is -0.450 e. The monoisotopic (exact) mass is 252 g/mol. The predicted molar refractivity (Wildman–Crippen MR) is 42.3 cm³/mol. The predicted octanol–water partition coefficient (Wildman–Crippen LogP) is 2.07. The van der Waals surface area contributed by atoms with Gasteiger partial charge in [-0.3, -0.25) is 0 Å². The van der Waals surface area contributed by atoms with Crippen molar-refractivity contribution in [2.45, 2.75) is 10.1 Å². The number of carboxylic acid groups (broad SMARTS) is 2. The van der Waals surface area contributed by atoms with E-state index in [0.29, 0.717) is 0 Å². The van der Waals surface area contributed by atoms with Gasteiger partial charge in [-0.05, 0) is 0 Å². The largest absolute Gasteiger partial charge is 0.508 e. The zero-order valence-electron chi connectivity index (χ0n) is 5.74. The lowest BCUT2D eigenvalue weighted by Gasteiger charge is -2.21. The van der Waals surface area contributed by atoms with Gasteiger partial charge in [0.25, 0.3) is 0 Å². The van der Waals surface area contributed by atoms with Crippen LogP contribution in [-0.4, -0.2) is 32.6 Å². The van der Waals surface area contributed by atoms with Gasteiger partial charge in [0, 0.05) is 0 Å². The van der Waals surface area contributed by atoms with E-state index in [1.807, 2.05) is 0 Å². The van der Waals surface area contributed by atoms with Crippen molar-refractivity contribution in [3.8, 4) is 0 Å². The van der Waals surface area contributed by atoms with E-state index in [4.69, 9.17) is 45.0 Å². The molecular weight excluding hydrogens is 250 g/mol. The molecule has 0 bridgehead atoms. The Balaban J connectivity index is 4.25. The fraction of sp³-hybridized carbons (Fsp3) is 0.500. The highest BCUT2D eigenvalue weighted by atomic mass is 35.5. The zero-order chi connectivity index (χ0) is 10.6. The highest BCUT2D eigenvalue weighted by Crippen LogP contribution is 2.31. The minimum absolute atomic E-state index is 1.76. The first-order valence-corrected chi connectivity index (χ1v) is 3.78. The molecule has 0 aromatic heterocycles. The van der Waals surface area contributed by atoms with Crippen LogP contribution in [0.15, 0.2) is 0 Å². The van der Waals surface area contributed by atoms with Gasteiger partial charge in [0.2, 0.25) is 5.56 Å². The lowest BCUT2D eigenvalue weighted by Crippen LogP contribution is -2.35.